The first-order chi connectivity index (χ1) is 6.77. The second kappa shape index (κ2) is 3.64. The lowest BCUT2D eigenvalue weighted by Crippen LogP contribution is -2.03. The number of benzene rings is 1. The number of carbonyl (C=O) groups is 1. The molecule has 0 spiro atoms. The molecule has 4 heteroatoms. The molecule has 0 bridgehead atoms. The number of hydrogen-bond donors (Lipinski definition) is 1. The van der Waals surface area contributed by atoms with Gasteiger partial charge < -0.3 is 4.98 Å². The molecular weight excluding hydrogens is 200 g/mol. The van der Waals surface area contributed by atoms with Gasteiger partial charge in [-0.15, -0.1) is 0 Å². The quantitative estimate of drug-likeness (QED) is 0.767. The van der Waals surface area contributed by atoms with Crippen molar-refractivity contribution in [2.75, 3.05) is 0 Å². The minimum atomic E-state index is -0.155. The molecule has 2 rings (SSSR count). The van der Waals surface area contributed by atoms with Crippen LogP contribution in [-0.4, -0.2) is 15.8 Å². The second-order valence-corrected chi connectivity index (χ2v) is 3.21. The third kappa shape index (κ3) is 1.67. The smallest absolute Gasteiger partial charge is 0.228 e. The number of aromatic amines is 1. The van der Waals surface area contributed by atoms with E-state index >= 15 is 0 Å². The van der Waals surface area contributed by atoms with Crippen molar-refractivity contribution in [3.8, 4) is 0 Å². The van der Waals surface area contributed by atoms with Crippen LogP contribution < -0.4 is 0 Å². The van der Waals surface area contributed by atoms with Crippen LogP contribution in [0.15, 0.2) is 36.7 Å². The maximum atomic E-state index is 11.7. The Morgan fingerprint density at radius 1 is 1.43 bits per heavy atom. The molecule has 0 aliphatic heterocycles. The predicted molar refractivity (Wildman–Crippen MR) is 53.5 cm³/mol. The lowest BCUT2D eigenvalue weighted by molar-refractivity contribution is 0.103. The molecule has 1 aromatic heterocycles. The summed E-state index contributed by atoms with van der Waals surface area (Å²) < 4.78 is 0. The Morgan fingerprint density at radius 3 is 2.93 bits per heavy atom. The van der Waals surface area contributed by atoms with Crippen molar-refractivity contribution < 1.29 is 4.79 Å². The largest absolute Gasteiger partial charge is 0.342 e. The number of nitrogens with one attached hydrogen (secondary N) is 1. The Hall–Kier alpha value is -1.61. The average molecular weight is 207 g/mol. The molecule has 0 amide bonds. The average Bonchev–Trinajstić information content (AvgIpc) is 2.69. The van der Waals surface area contributed by atoms with E-state index in [2.05, 4.69) is 9.97 Å². The number of H-pyrrole nitrogens is 1. The number of halogens is 1. The van der Waals surface area contributed by atoms with Crippen molar-refractivity contribution in [2.45, 2.75) is 0 Å². The number of ketones is 1. The molecule has 0 unspecified atom stereocenters. The molecule has 3 nitrogen and oxygen atoms in total. The van der Waals surface area contributed by atoms with E-state index < -0.39 is 0 Å². The Balaban J connectivity index is 2.37. The van der Waals surface area contributed by atoms with Crippen molar-refractivity contribution in [2.24, 2.45) is 0 Å². The first-order valence-electron chi connectivity index (χ1n) is 4.07. The monoisotopic (exact) mass is 206 g/mol. The maximum Gasteiger partial charge on any atom is 0.228 e. The van der Waals surface area contributed by atoms with Crippen LogP contribution in [0.1, 0.15) is 16.2 Å². The van der Waals surface area contributed by atoms with Crippen LogP contribution >= 0.6 is 11.6 Å². The van der Waals surface area contributed by atoms with E-state index in [1.165, 1.54) is 6.20 Å². The summed E-state index contributed by atoms with van der Waals surface area (Å²) >= 11 is 5.77. The van der Waals surface area contributed by atoms with Crippen LogP contribution in [0.3, 0.4) is 0 Å². The van der Waals surface area contributed by atoms with Gasteiger partial charge in [0.25, 0.3) is 0 Å². The van der Waals surface area contributed by atoms with Gasteiger partial charge in [-0.2, -0.15) is 0 Å². The van der Waals surface area contributed by atoms with Crippen molar-refractivity contribution >= 4 is 17.4 Å². The lowest BCUT2D eigenvalue weighted by Gasteiger charge is -1.97. The molecule has 0 saturated heterocycles. The van der Waals surface area contributed by atoms with E-state index in [0.717, 1.165) is 0 Å². The summed E-state index contributed by atoms with van der Waals surface area (Å²) in [6, 6.07) is 6.78. The summed E-state index contributed by atoms with van der Waals surface area (Å²) in [5.74, 6) is 0.171. The first-order valence-corrected chi connectivity index (χ1v) is 4.45. The van der Waals surface area contributed by atoms with Crippen molar-refractivity contribution in [1.29, 1.82) is 0 Å². The molecule has 0 aliphatic rings. The Kier molecular flexibility index (Phi) is 2.33. The number of hydrogen-bond acceptors (Lipinski definition) is 2. The van der Waals surface area contributed by atoms with Crippen LogP contribution in [0.4, 0.5) is 0 Å². The van der Waals surface area contributed by atoms with Gasteiger partial charge in [-0.05, 0) is 12.1 Å². The highest BCUT2D eigenvalue weighted by molar-refractivity contribution is 6.31. The van der Waals surface area contributed by atoms with Crippen molar-refractivity contribution in [3.05, 3.63) is 53.1 Å². The summed E-state index contributed by atoms with van der Waals surface area (Å²) in [6.45, 7) is 0. The Labute approximate surface area is 85.7 Å². The van der Waals surface area contributed by atoms with Gasteiger partial charge in [-0.3, -0.25) is 4.79 Å². The van der Waals surface area contributed by atoms with Crippen LogP contribution in [0.25, 0.3) is 0 Å². The van der Waals surface area contributed by atoms with E-state index in [4.69, 9.17) is 11.6 Å². The fourth-order valence-electron chi connectivity index (χ4n) is 1.16. The van der Waals surface area contributed by atoms with Gasteiger partial charge in [-0.1, -0.05) is 23.7 Å². The molecule has 0 atom stereocenters. The Morgan fingerprint density at radius 2 is 2.29 bits per heavy atom. The minimum Gasteiger partial charge on any atom is -0.342 e. The van der Waals surface area contributed by atoms with Gasteiger partial charge in [0.2, 0.25) is 5.78 Å². The van der Waals surface area contributed by atoms with Gasteiger partial charge in [0.1, 0.15) is 0 Å². The zero-order valence-corrected chi connectivity index (χ0v) is 7.95. The highest BCUT2D eigenvalue weighted by atomic mass is 35.5. The molecule has 0 radical (unpaired) electrons. The fourth-order valence-corrected chi connectivity index (χ4v) is 1.35. The maximum absolute atomic E-state index is 11.7. The van der Waals surface area contributed by atoms with Crippen LogP contribution in [0, 0.1) is 0 Å². The molecule has 0 aliphatic carbocycles. The lowest BCUT2D eigenvalue weighted by atomic mass is 10.1. The van der Waals surface area contributed by atoms with Crippen LogP contribution in [-0.2, 0) is 0 Å². The SMILES string of the molecule is O=C(c1cccc(Cl)c1)c1ncc[nH]1. The highest BCUT2D eigenvalue weighted by Gasteiger charge is 2.10. The van der Waals surface area contributed by atoms with E-state index in [9.17, 15) is 4.79 Å². The van der Waals surface area contributed by atoms with Crippen molar-refractivity contribution in [1.82, 2.24) is 9.97 Å². The van der Waals surface area contributed by atoms with E-state index in [1.807, 2.05) is 0 Å². The summed E-state index contributed by atoms with van der Waals surface area (Å²) in [5, 5.41) is 0.544. The van der Waals surface area contributed by atoms with Gasteiger partial charge >= 0.3 is 0 Å². The predicted octanol–water partition coefficient (Wildman–Crippen LogP) is 2.29. The topological polar surface area (TPSA) is 45.8 Å². The van der Waals surface area contributed by atoms with E-state index in [0.29, 0.717) is 16.4 Å². The van der Waals surface area contributed by atoms with Gasteiger partial charge in [-0.25, -0.2) is 4.98 Å². The molecule has 0 fully saturated rings. The number of imidazole rings is 1. The summed E-state index contributed by atoms with van der Waals surface area (Å²) in [5.41, 5.74) is 0.535. The molecule has 2 aromatic rings. The number of nitrogens with zero attached hydrogens (tertiary/aromatic N) is 1. The zero-order chi connectivity index (χ0) is 9.97. The summed E-state index contributed by atoms with van der Waals surface area (Å²) in [7, 11) is 0. The fraction of sp³-hybridized carbons (Fsp3) is 0. The molecule has 70 valence electrons. The standard InChI is InChI=1S/C10H7ClN2O/c11-8-3-1-2-7(6-8)9(14)10-12-4-5-13-10/h1-6H,(H,12,13). The normalized spacial score (nSPS) is 10.1. The van der Waals surface area contributed by atoms with Crippen molar-refractivity contribution in [3.63, 3.8) is 0 Å². The van der Waals surface area contributed by atoms with Gasteiger partial charge in [0.05, 0.1) is 0 Å². The first kappa shape index (κ1) is 8.97. The molecule has 1 heterocycles. The molecule has 0 saturated carbocycles. The van der Waals surface area contributed by atoms with Gasteiger partial charge in [0.15, 0.2) is 5.82 Å². The zero-order valence-electron chi connectivity index (χ0n) is 7.20. The Bertz CT molecular complexity index is 451. The van der Waals surface area contributed by atoms with Gasteiger partial charge in [0, 0.05) is 23.0 Å². The third-order valence-corrected chi connectivity index (χ3v) is 2.04. The van der Waals surface area contributed by atoms with E-state index in [1.54, 1.807) is 30.5 Å². The molecular formula is C10H7ClN2O. The van der Waals surface area contributed by atoms with Crippen LogP contribution in [0.5, 0.6) is 0 Å². The summed E-state index contributed by atoms with van der Waals surface area (Å²) in [6.07, 6.45) is 3.15. The highest BCUT2D eigenvalue weighted by Crippen LogP contribution is 2.12. The van der Waals surface area contributed by atoms with Crippen LogP contribution in [0.2, 0.25) is 5.02 Å². The minimum absolute atomic E-state index is 0.155. The molecule has 1 N–H and O–H groups in total. The molecule has 1 aromatic carbocycles. The number of carbonyl (C=O) groups excluding carboxylic acids is 1. The number of aromatic nitrogens is 2. The second-order valence-electron chi connectivity index (χ2n) is 2.78. The third-order valence-electron chi connectivity index (χ3n) is 1.80. The molecule has 14 heavy (non-hydrogen) atoms. The number of rotatable bonds is 2. The van der Waals surface area contributed by atoms with E-state index in [-0.39, 0.29) is 5.78 Å². The summed E-state index contributed by atoms with van der Waals surface area (Å²) in [4.78, 5) is 18.3.